The third-order valence-corrected chi connectivity index (χ3v) is 6.28. The van der Waals surface area contributed by atoms with Gasteiger partial charge >= 0.3 is 0 Å². The van der Waals surface area contributed by atoms with Gasteiger partial charge in [0.2, 0.25) is 5.91 Å². The Kier molecular flexibility index (Phi) is 6.53. The standard InChI is InChI=1S/C24H32N4O2/c1-18-15-26-23(28(18)12-13-30-2)14-19-6-5-11-27(17-19)24(29)10-9-20-16-25-22-8-4-3-7-21(20)22/h3-4,7-8,15-16,19,25H,5-6,9-14,17H2,1-2H3. The molecular weight excluding hydrogens is 376 g/mol. The van der Waals surface area contributed by atoms with Gasteiger partial charge in [0.15, 0.2) is 0 Å². The smallest absolute Gasteiger partial charge is 0.222 e. The summed E-state index contributed by atoms with van der Waals surface area (Å²) in [6.07, 6.45) is 8.48. The molecule has 0 aliphatic carbocycles. The molecule has 6 heteroatoms. The fourth-order valence-electron chi connectivity index (χ4n) is 4.62. The van der Waals surface area contributed by atoms with Gasteiger partial charge in [0.05, 0.1) is 6.61 Å². The molecule has 3 heterocycles. The molecule has 4 rings (SSSR count). The van der Waals surface area contributed by atoms with Crippen molar-refractivity contribution in [3.63, 3.8) is 0 Å². The molecule has 0 bridgehead atoms. The normalized spacial score (nSPS) is 17.0. The number of aromatic nitrogens is 3. The number of likely N-dealkylation sites (tertiary alicyclic amines) is 1. The van der Waals surface area contributed by atoms with Crippen molar-refractivity contribution < 1.29 is 9.53 Å². The first kappa shape index (κ1) is 20.7. The number of para-hydroxylation sites is 1. The third kappa shape index (κ3) is 4.59. The predicted octanol–water partition coefficient (Wildman–Crippen LogP) is 3.73. The highest BCUT2D eigenvalue weighted by molar-refractivity contribution is 5.84. The summed E-state index contributed by atoms with van der Waals surface area (Å²) >= 11 is 0. The molecule has 1 amide bonds. The number of nitrogens with zero attached hydrogens (tertiary/aromatic N) is 3. The second-order valence-electron chi connectivity index (χ2n) is 8.37. The lowest BCUT2D eigenvalue weighted by Gasteiger charge is -2.33. The maximum atomic E-state index is 12.9. The molecule has 0 saturated carbocycles. The Morgan fingerprint density at radius 2 is 2.20 bits per heavy atom. The third-order valence-electron chi connectivity index (χ3n) is 6.28. The van der Waals surface area contributed by atoms with Crippen LogP contribution >= 0.6 is 0 Å². The van der Waals surface area contributed by atoms with Gasteiger partial charge in [0.1, 0.15) is 5.82 Å². The number of carbonyl (C=O) groups excluding carboxylic acids is 1. The lowest BCUT2D eigenvalue weighted by atomic mass is 9.94. The van der Waals surface area contributed by atoms with Crippen LogP contribution < -0.4 is 0 Å². The summed E-state index contributed by atoms with van der Waals surface area (Å²) in [5, 5.41) is 1.22. The molecule has 1 atom stereocenters. The van der Waals surface area contributed by atoms with E-state index in [1.165, 1.54) is 16.6 Å². The summed E-state index contributed by atoms with van der Waals surface area (Å²) < 4.78 is 7.50. The molecule has 1 aromatic carbocycles. The van der Waals surface area contributed by atoms with Crippen LogP contribution in [0.3, 0.4) is 0 Å². The Labute approximate surface area is 178 Å². The summed E-state index contributed by atoms with van der Waals surface area (Å²) in [5.74, 6) is 1.85. The number of nitrogens with one attached hydrogen (secondary N) is 1. The van der Waals surface area contributed by atoms with Crippen LogP contribution in [0.15, 0.2) is 36.7 Å². The molecule has 1 N–H and O–H groups in total. The average Bonchev–Trinajstić information content (AvgIpc) is 3.34. The lowest BCUT2D eigenvalue weighted by molar-refractivity contribution is -0.133. The van der Waals surface area contributed by atoms with E-state index in [9.17, 15) is 4.79 Å². The van der Waals surface area contributed by atoms with Crippen molar-refractivity contribution in [2.45, 2.75) is 45.6 Å². The van der Waals surface area contributed by atoms with Crippen LogP contribution in [0.5, 0.6) is 0 Å². The number of ether oxygens (including phenoxy) is 1. The molecule has 0 radical (unpaired) electrons. The minimum absolute atomic E-state index is 0.267. The Morgan fingerprint density at radius 1 is 1.33 bits per heavy atom. The number of aryl methyl sites for hydroxylation is 2. The van der Waals surface area contributed by atoms with E-state index in [0.717, 1.165) is 56.7 Å². The van der Waals surface area contributed by atoms with Gasteiger partial charge in [0, 0.05) is 68.6 Å². The Balaban J connectivity index is 1.34. The average molecular weight is 409 g/mol. The Bertz CT molecular complexity index is 990. The largest absolute Gasteiger partial charge is 0.383 e. The van der Waals surface area contributed by atoms with Gasteiger partial charge in [-0.3, -0.25) is 4.79 Å². The number of methoxy groups -OCH3 is 1. The molecule has 1 saturated heterocycles. The molecular formula is C24H32N4O2. The molecule has 1 fully saturated rings. The zero-order valence-corrected chi connectivity index (χ0v) is 18.1. The highest BCUT2D eigenvalue weighted by Gasteiger charge is 2.25. The highest BCUT2D eigenvalue weighted by Crippen LogP contribution is 2.23. The van der Waals surface area contributed by atoms with E-state index in [2.05, 4.69) is 44.6 Å². The van der Waals surface area contributed by atoms with Crippen molar-refractivity contribution in [1.82, 2.24) is 19.4 Å². The zero-order valence-electron chi connectivity index (χ0n) is 18.1. The van der Waals surface area contributed by atoms with E-state index >= 15 is 0 Å². The van der Waals surface area contributed by atoms with E-state index in [1.807, 2.05) is 18.5 Å². The second kappa shape index (κ2) is 9.47. The SMILES string of the molecule is COCCn1c(C)cnc1CC1CCCN(C(=O)CCc2c[nH]c3ccccc23)C1. The highest BCUT2D eigenvalue weighted by atomic mass is 16.5. The van der Waals surface area contributed by atoms with Crippen LogP contribution in [0, 0.1) is 12.8 Å². The van der Waals surface area contributed by atoms with Crippen LogP contribution in [0.25, 0.3) is 10.9 Å². The summed E-state index contributed by atoms with van der Waals surface area (Å²) in [4.78, 5) is 22.9. The zero-order chi connectivity index (χ0) is 20.9. The quantitative estimate of drug-likeness (QED) is 0.618. The number of H-pyrrole nitrogens is 1. The predicted molar refractivity (Wildman–Crippen MR) is 118 cm³/mol. The number of rotatable bonds is 8. The molecule has 1 aliphatic heterocycles. The van der Waals surface area contributed by atoms with E-state index in [0.29, 0.717) is 18.9 Å². The van der Waals surface area contributed by atoms with Crippen molar-refractivity contribution in [2.75, 3.05) is 26.8 Å². The van der Waals surface area contributed by atoms with Crippen molar-refractivity contribution in [1.29, 1.82) is 0 Å². The molecule has 6 nitrogen and oxygen atoms in total. The minimum Gasteiger partial charge on any atom is -0.383 e. The van der Waals surface area contributed by atoms with Crippen molar-refractivity contribution in [2.24, 2.45) is 5.92 Å². The van der Waals surface area contributed by atoms with Gasteiger partial charge in [-0.25, -0.2) is 4.98 Å². The first-order valence-corrected chi connectivity index (χ1v) is 11.0. The lowest BCUT2D eigenvalue weighted by Crippen LogP contribution is -2.40. The Hall–Kier alpha value is -2.60. The van der Waals surface area contributed by atoms with E-state index in [1.54, 1.807) is 7.11 Å². The van der Waals surface area contributed by atoms with E-state index in [4.69, 9.17) is 4.74 Å². The number of piperidine rings is 1. The van der Waals surface area contributed by atoms with Crippen LogP contribution in [0.1, 0.15) is 36.3 Å². The summed E-state index contributed by atoms with van der Waals surface area (Å²) in [5.41, 5.74) is 3.53. The molecule has 3 aromatic rings. The van der Waals surface area contributed by atoms with Gasteiger partial charge in [-0.15, -0.1) is 0 Å². The number of benzene rings is 1. The summed E-state index contributed by atoms with van der Waals surface area (Å²) in [7, 11) is 1.73. The van der Waals surface area contributed by atoms with Crippen molar-refractivity contribution in [3.05, 3.63) is 53.7 Å². The number of carbonyl (C=O) groups is 1. The Morgan fingerprint density at radius 3 is 3.07 bits per heavy atom. The van der Waals surface area contributed by atoms with Gasteiger partial charge in [-0.05, 0) is 43.7 Å². The maximum Gasteiger partial charge on any atom is 0.222 e. The van der Waals surface area contributed by atoms with Crippen LogP contribution in [0.4, 0.5) is 0 Å². The molecule has 0 spiro atoms. The van der Waals surface area contributed by atoms with Gasteiger partial charge in [-0.1, -0.05) is 18.2 Å². The van der Waals surface area contributed by atoms with Crippen LogP contribution in [-0.2, 0) is 28.9 Å². The number of hydrogen-bond acceptors (Lipinski definition) is 3. The van der Waals surface area contributed by atoms with E-state index in [-0.39, 0.29) is 5.91 Å². The summed E-state index contributed by atoms with van der Waals surface area (Å²) in [6, 6.07) is 8.28. The maximum absolute atomic E-state index is 12.9. The monoisotopic (exact) mass is 408 g/mol. The van der Waals surface area contributed by atoms with Crippen molar-refractivity contribution >= 4 is 16.8 Å². The molecule has 30 heavy (non-hydrogen) atoms. The van der Waals surface area contributed by atoms with Crippen molar-refractivity contribution in [3.8, 4) is 0 Å². The molecule has 1 unspecified atom stereocenters. The number of amides is 1. The molecule has 1 aliphatic rings. The van der Waals surface area contributed by atoms with Gasteiger partial charge < -0.3 is 19.2 Å². The minimum atomic E-state index is 0.267. The molecule has 160 valence electrons. The number of aromatic amines is 1. The topological polar surface area (TPSA) is 63.1 Å². The second-order valence-corrected chi connectivity index (χ2v) is 8.37. The number of imidazole rings is 1. The van der Waals surface area contributed by atoms with Gasteiger partial charge in [-0.2, -0.15) is 0 Å². The first-order chi connectivity index (χ1) is 14.7. The van der Waals surface area contributed by atoms with Gasteiger partial charge in [0.25, 0.3) is 0 Å². The molecule has 2 aromatic heterocycles. The van der Waals surface area contributed by atoms with Crippen LogP contribution in [0.2, 0.25) is 0 Å². The summed E-state index contributed by atoms with van der Waals surface area (Å²) in [6.45, 7) is 5.32. The number of hydrogen-bond donors (Lipinski definition) is 1. The first-order valence-electron chi connectivity index (χ1n) is 11.0. The van der Waals surface area contributed by atoms with Crippen LogP contribution in [-0.4, -0.2) is 52.1 Å². The fourth-order valence-corrected chi connectivity index (χ4v) is 4.62. The fraction of sp³-hybridized carbons (Fsp3) is 0.500. The van der Waals surface area contributed by atoms with E-state index < -0.39 is 0 Å². The number of fused-ring (bicyclic) bond motifs is 1.